The molecular formula is C14H15ClFN3O. The molecule has 1 aliphatic carbocycles. The third kappa shape index (κ3) is 3.35. The van der Waals surface area contributed by atoms with Crippen LogP contribution in [0.5, 0.6) is 0 Å². The van der Waals surface area contributed by atoms with Crippen LogP contribution in [0.2, 0.25) is 5.02 Å². The van der Waals surface area contributed by atoms with Gasteiger partial charge in [0.1, 0.15) is 5.82 Å². The molecule has 20 heavy (non-hydrogen) atoms. The van der Waals surface area contributed by atoms with E-state index >= 15 is 0 Å². The highest BCUT2D eigenvalue weighted by atomic mass is 35.5. The second-order valence-corrected chi connectivity index (χ2v) is 5.48. The minimum absolute atomic E-state index is 0.109. The molecule has 1 aromatic heterocycles. The molecule has 1 fully saturated rings. The van der Waals surface area contributed by atoms with Crippen LogP contribution in [0.25, 0.3) is 0 Å². The number of rotatable bonds is 6. The molecular weight excluding hydrogens is 281 g/mol. The Morgan fingerprint density at radius 2 is 2.25 bits per heavy atom. The molecule has 0 unspecified atom stereocenters. The van der Waals surface area contributed by atoms with Crippen molar-refractivity contribution < 1.29 is 8.91 Å². The van der Waals surface area contributed by atoms with Gasteiger partial charge in [-0.3, -0.25) is 0 Å². The fourth-order valence-corrected chi connectivity index (χ4v) is 2.19. The van der Waals surface area contributed by atoms with Gasteiger partial charge in [0.15, 0.2) is 5.82 Å². The second-order valence-electron chi connectivity index (χ2n) is 5.07. The first-order chi connectivity index (χ1) is 9.72. The maximum atomic E-state index is 13.8. The first-order valence-electron chi connectivity index (χ1n) is 6.67. The van der Waals surface area contributed by atoms with Crippen molar-refractivity contribution in [3.63, 3.8) is 0 Å². The lowest BCUT2D eigenvalue weighted by Gasteiger charge is -2.00. The van der Waals surface area contributed by atoms with E-state index in [2.05, 4.69) is 15.5 Å². The number of hydrogen-bond donors (Lipinski definition) is 1. The molecule has 106 valence electrons. The Kier molecular flexibility index (Phi) is 3.98. The SMILES string of the molecule is Fc1c(Cl)cccc1Cc1noc(CNCC2CC2)n1. The van der Waals surface area contributed by atoms with Gasteiger partial charge < -0.3 is 9.84 Å². The van der Waals surface area contributed by atoms with Crippen LogP contribution < -0.4 is 5.32 Å². The quantitative estimate of drug-likeness (QED) is 0.890. The molecule has 0 saturated heterocycles. The normalized spacial score (nSPS) is 14.7. The van der Waals surface area contributed by atoms with Crippen LogP contribution >= 0.6 is 11.6 Å². The number of halogens is 2. The van der Waals surface area contributed by atoms with E-state index in [9.17, 15) is 4.39 Å². The third-order valence-electron chi connectivity index (χ3n) is 3.30. The van der Waals surface area contributed by atoms with Crippen LogP contribution in [0, 0.1) is 11.7 Å². The Morgan fingerprint density at radius 3 is 3.05 bits per heavy atom. The van der Waals surface area contributed by atoms with Gasteiger partial charge in [-0.2, -0.15) is 4.98 Å². The summed E-state index contributed by atoms with van der Waals surface area (Å²) >= 11 is 5.74. The van der Waals surface area contributed by atoms with Crippen molar-refractivity contribution in [2.24, 2.45) is 5.92 Å². The standard InChI is InChI=1S/C14H15ClFN3O/c15-11-3-1-2-10(14(11)16)6-12-18-13(20-19-12)8-17-7-9-4-5-9/h1-3,9,17H,4-8H2. The van der Waals surface area contributed by atoms with Gasteiger partial charge in [0.25, 0.3) is 0 Å². The van der Waals surface area contributed by atoms with Crippen LogP contribution in [0.4, 0.5) is 4.39 Å². The average molecular weight is 296 g/mol. The highest BCUT2D eigenvalue weighted by molar-refractivity contribution is 6.30. The van der Waals surface area contributed by atoms with Gasteiger partial charge in [0.05, 0.1) is 11.6 Å². The van der Waals surface area contributed by atoms with Crippen LogP contribution in [0.15, 0.2) is 22.7 Å². The summed E-state index contributed by atoms with van der Waals surface area (Å²) in [5.74, 6) is 1.38. The minimum Gasteiger partial charge on any atom is -0.338 e. The molecule has 1 N–H and O–H groups in total. The van der Waals surface area contributed by atoms with Gasteiger partial charge >= 0.3 is 0 Å². The van der Waals surface area contributed by atoms with E-state index in [0.29, 0.717) is 23.8 Å². The Labute approximate surface area is 121 Å². The molecule has 0 amide bonds. The van der Waals surface area contributed by atoms with Crippen molar-refractivity contribution in [2.45, 2.75) is 25.8 Å². The zero-order valence-electron chi connectivity index (χ0n) is 10.9. The predicted octanol–water partition coefficient (Wildman–Crippen LogP) is 2.95. The molecule has 3 rings (SSSR count). The van der Waals surface area contributed by atoms with Crippen molar-refractivity contribution in [3.05, 3.63) is 46.3 Å². The van der Waals surface area contributed by atoms with Gasteiger partial charge in [-0.05, 0) is 36.9 Å². The maximum Gasteiger partial charge on any atom is 0.240 e. The van der Waals surface area contributed by atoms with Crippen molar-refractivity contribution in [3.8, 4) is 0 Å². The Bertz CT molecular complexity index is 598. The summed E-state index contributed by atoms with van der Waals surface area (Å²) in [4.78, 5) is 4.24. The third-order valence-corrected chi connectivity index (χ3v) is 3.59. The van der Waals surface area contributed by atoms with Crippen LogP contribution in [-0.4, -0.2) is 16.7 Å². The number of hydrogen-bond acceptors (Lipinski definition) is 4. The lowest BCUT2D eigenvalue weighted by atomic mass is 10.1. The summed E-state index contributed by atoms with van der Waals surface area (Å²) in [5, 5.41) is 7.24. The monoisotopic (exact) mass is 295 g/mol. The van der Waals surface area contributed by atoms with E-state index < -0.39 is 5.82 Å². The summed E-state index contributed by atoms with van der Waals surface area (Å²) in [6, 6.07) is 4.89. The van der Waals surface area contributed by atoms with E-state index in [0.717, 1.165) is 12.5 Å². The number of benzene rings is 1. The summed E-state index contributed by atoms with van der Waals surface area (Å²) in [5.41, 5.74) is 0.468. The van der Waals surface area contributed by atoms with E-state index in [4.69, 9.17) is 16.1 Å². The average Bonchev–Trinajstić information content (AvgIpc) is 3.15. The molecule has 2 aromatic rings. The van der Waals surface area contributed by atoms with E-state index in [-0.39, 0.29) is 11.4 Å². The van der Waals surface area contributed by atoms with Gasteiger partial charge in [-0.1, -0.05) is 28.9 Å². The van der Waals surface area contributed by atoms with Crippen molar-refractivity contribution >= 4 is 11.6 Å². The zero-order valence-corrected chi connectivity index (χ0v) is 11.7. The molecule has 4 nitrogen and oxygen atoms in total. The lowest BCUT2D eigenvalue weighted by Crippen LogP contribution is -2.16. The van der Waals surface area contributed by atoms with Crippen molar-refractivity contribution in [1.29, 1.82) is 0 Å². The lowest BCUT2D eigenvalue weighted by molar-refractivity contribution is 0.362. The molecule has 1 aliphatic rings. The van der Waals surface area contributed by atoms with Crippen LogP contribution in [-0.2, 0) is 13.0 Å². The van der Waals surface area contributed by atoms with Crippen molar-refractivity contribution in [2.75, 3.05) is 6.54 Å². The number of nitrogens with one attached hydrogen (secondary N) is 1. The topological polar surface area (TPSA) is 51.0 Å². The maximum absolute atomic E-state index is 13.8. The molecule has 0 radical (unpaired) electrons. The number of aromatic nitrogens is 2. The summed E-state index contributed by atoms with van der Waals surface area (Å²) in [7, 11) is 0. The number of nitrogens with zero attached hydrogens (tertiary/aromatic N) is 2. The second kappa shape index (κ2) is 5.89. The molecule has 0 aliphatic heterocycles. The Morgan fingerprint density at radius 1 is 1.40 bits per heavy atom. The van der Waals surface area contributed by atoms with Crippen LogP contribution in [0.1, 0.15) is 30.1 Å². The van der Waals surface area contributed by atoms with Gasteiger partial charge in [-0.15, -0.1) is 0 Å². The fourth-order valence-electron chi connectivity index (χ4n) is 1.99. The predicted molar refractivity (Wildman–Crippen MR) is 72.9 cm³/mol. The molecule has 6 heteroatoms. The Balaban J connectivity index is 1.59. The summed E-state index contributed by atoms with van der Waals surface area (Å²) in [6.45, 7) is 1.54. The highest BCUT2D eigenvalue weighted by Crippen LogP contribution is 2.27. The minimum atomic E-state index is -0.424. The van der Waals surface area contributed by atoms with Crippen LogP contribution in [0.3, 0.4) is 0 Å². The fraction of sp³-hybridized carbons (Fsp3) is 0.429. The van der Waals surface area contributed by atoms with Gasteiger partial charge in [0, 0.05) is 6.42 Å². The molecule has 0 bridgehead atoms. The largest absolute Gasteiger partial charge is 0.338 e. The van der Waals surface area contributed by atoms with E-state index in [1.54, 1.807) is 12.1 Å². The molecule has 1 heterocycles. The van der Waals surface area contributed by atoms with E-state index in [1.807, 2.05) is 0 Å². The first kappa shape index (κ1) is 13.5. The molecule has 1 saturated carbocycles. The molecule has 1 aromatic carbocycles. The van der Waals surface area contributed by atoms with Gasteiger partial charge in [-0.25, -0.2) is 4.39 Å². The van der Waals surface area contributed by atoms with E-state index in [1.165, 1.54) is 18.9 Å². The summed E-state index contributed by atoms with van der Waals surface area (Å²) < 4.78 is 18.9. The molecule has 0 spiro atoms. The zero-order chi connectivity index (χ0) is 13.9. The smallest absolute Gasteiger partial charge is 0.240 e. The first-order valence-corrected chi connectivity index (χ1v) is 7.05. The summed E-state index contributed by atoms with van der Waals surface area (Å²) in [6.07, 6.45) is 2.88. The Hall–Kier alpha value is -1.46. The van der Waals surface area contributed by atoms with Gasteiger partial charge in [0.2, 0.25) is 5.89 Å². The highest BCUT2D eigenvalue weighted by Gasteiger charge is 2.20. The molecule has 0 atom stereocenters. The van der Waals surface area contributed by atoms with Crippen molar-refractivity contribution in [1.82, 2.24) is 15.5 Å².